The van der Waals surface area contributed by atoms with Gasteiger partial charge in [0, 0.05) is 64.8 Å². The van der Waals surface area contributed by atoms with Crippen LogP contribution < -0.4 is 10.6 Å². The second kappa shape index (κ2) is 13.1. The van der Waals surface area contributed by atoms with E-state index in [1.54, 1.807) is 48.8 Å². The molecule has 3 aliphatic heterocycles. The predicted octanol–water partition coefficient (Wildman–Crippen LogP) is 2.95. The fourth-order valence-corrected chi connectivity index (χ4v) is 5.10. The maximum absolute atomic E-state index is 13.8. The molecule has 208 valence electrons. The molecule has 8 nitrogen and oxygen atoms in total. The Bertz CT molecular complexity index is 1220. The van der Waals surface area contributed by atoms with Crippen LogP contribution in [0.2, 0.25) is 0 Å². The van der Waals surface area contributed by atoms with Crippen LogP contribution in [0.25, 0.3) is 11.4 Å². The number of nitrogens with one attached hydrogen (secondary N) is 2. The maximum atomic E-state index is 13.8. The molecule has 0 saturated carbocycles. The number of halogens is 4. The average molecular weight is 552 g/mol. The molecule has 0 aliphatic carbocycles. The van der Waals surface area contributed by atoms with E-state index in [0.29, 0.717) is 86.5 Å². The molecule has 3 aliphatic rings. The summed E-state index contributed by atoms with van der Waals surface area (Å²) in [4.78, 5) is 13.0. The fraction of sp³-hybridized carbons (Fsp3) is 0.308. The van der Waals surface area contributed by atoms with Crippen LogP contribution in [0.3, 0.4) is 0 Å². The molecule has 0 aromatic carbocycles. The molecule has 0 atom stereocenters. The lowest BCUT2D eigenvalue weighted by molar-refractivity contribution is 0.338. The summed E-state index contributed by atoms with van der Waals surface area (Å²) >= 11 is 0. The van der Waals surface area contributed by atoms with Crippen molar-refractivity contribution < 1.29 is 17.3 Å². The second-order valence-corrected chi connectivity index (χ2v) is 9.37. The van der Waals surface area contributed by atoms with E-state index in [1.807, 2.05) is 12.2 Å². The van der Waals surface area contributed by atoms with Crippen LogP contribution in [0, 0.1) is 0 Å². The van der Waals surface area contributed by atoms with Gasteiger partial charge >= 0.3 is 14.8 Å². The van der Waals surface area contributed by atoms with Crippen molar-refractivity contribution in [1.82, 2.24) is 29.4 Å². The summed E-state index contributed by atoms with van der Waals surface area (Å²) in [5.41, 5.74) is 3.42. The normalized spacial score (nSPS) is 20.6. The minimum absolute atomic E-state index is 0.412. The van der Waals surface area contributed by atoms with Crippen LogP contribution in [-0.4, -0.2) is 98.3 Å². The van der Waals surface area contributed by atoms with Gasteiger partial charge in [-0.15, -0.1) is 0 Å². The van der Waals surface area contributed by atoms with Crippen molar-refractivity contribution in [2.75, 3.05) is 52.4 Å². The minimum atomic E-state index is -2.67. The van der Waals surface area contributed by atoms with Crippen LogP contribution in [-0.2, 0) is 0 Å². The number of rotatable bonds is 6. The smallest absolute Gasteiger partial charge is 0.366 e. The lowest BCUT2D eigenvalue weighted by Gasteiger charge is -2.32. The highest BCUT2D eigenvalue weighted by Gasteiger charge is 2.28. The summed E-state index contributed by atoms with van der Waals surface area (Å²) in [5, 5.41) is 6.90. The van der Waals surface area contributed by atoms with Gasteiger partial charge in [0.25, 0.3) is 0 Å². The molecular formula is C26H30B2F4N8. The van der Waals surface area contributed by atoms with Gasteiger partial charge in [-0.25, -0.2) is 0 Å². The first-order valence-corrected chi connectivity index (χ1v) is 13.3. The molecule has 1 fully saturated rings. The van der Waals surface area contributed by atoms with Crippen LogP contribution in [0.5, 0.6) is 0 Å². The van der Waals surface area contributed by atoms with E-state index in [2.05, 4.69) is 30.4 Å². The van der Waals surface area contributed by atoms with Gasteiger partial charge in [-0.3, -0.25) is 27.2 Å². The van der Waals surface area contributed by atoms with Gasteiger partial charge in [-0.2, -0.15) is 0 Å². The Morgan fingerprint density at radius 2 is 1.05 bits per heavy atom. The van der Waals surface area contributed by atoms with Crippen LogP contribution in [0.15, 0.2) is 82.3 Å². The maximum Gasteiger partial charge on any atom is 0.677 e. The zero-order valence-corrected chi connectivity index (χ0v) is 21.9. The Kier molecular flexibility index (Phi) is 9.07. The second-order valence-electron chi connectivity index (χ2n) is 9.37. The number of allylic oxidation sites excluding steroid dienone is 4. The zero-order valence-electron chi connectivity index (χ0n) is 21.9. The van der Waals surface area contributed by atoms with Crippen LogP contribution in [0.4, 0.5) is 17.3 Å². The largest absolute Gasteiger partial charge is 0.677 e. The van der Waals surface area contributed by atoms with E-state index in [1.165, 1.54) is 12.4 Å². The van der Waals surface area contributed by atoms with Crippen LogP contribution >= 0.6 is 0 Å². The summed E-state index contributed by atoms with van der Waals surface area (Å²) in [7, 11) is -5.34. The molecule has 0 amide bonds. The van der Waals surface area contributed by atoms with E-state index in [4.69, 9.17) is 0 Å². The summed E-state index contributed by atoms with van der Waals surface area (Å²) in [6.45, 7) is 4.60. The van der Waals surface area contributed by atoms with Gasteiger partial charge in [0.2, 0.25) is 0 Å². The Morgan fingerprint density at radius 3 is 1.38 bits per heavy atom. The van der Waals surface area contributed by atoms with Crippen molar-refractivity contribution in [2.24, 2.45) is 9.98 Å². The highest BCUT2D eigenvalue weighted by Crippen LogP contribution is 2.29. The molecule has 5 heterocycles. The molecule has 40 heavy (non-hydrogen) atoms. The first-order chi connectivity index (χ1) is 19.5. The molecule has 2 aromatic heterocycles. The molecule has 1 saturated heterocycles. The third kappa shape index (κ3) is 6.18. The van der Waals surface area contributed by atoms with Crippen LogP contribution in [0.1, 0.15) is 11.4 Å². The fourth-order valence-electron chi connectivity index (χ4n) is 5.10. The molecular weight excluding hydrogens is 522 g/mol. The number of hydrogen-bond acceptors (Lipinski definition) is 6. The van der Waals surface area contributed by atoms with E-state index in [-0.39, 0.29) is 0 Å². The summed E-state index contributed by atoms with van der Waals surface area (Å²) in [6, 6.07) is 6.61. The lowest BCUT2D eigenvalue weighted by Crippen LogP contribution is -2.43. The quantitative estimate of drug-likeness (QED) is 0.428. The Hall–Kier alpha value is -3.77. The molecule has 2 N–H and O–H groups in total. The highest BCUT2D eigenvalue weighted by atomic mass is 19.2. The summed E-state index contributed by atoms with van der Waals surface area (Å²) in [6.07, 6.45) is 13.3. The average Bonchev–Trinajstić information content (AvgIpc) is 3.74. The molecule has 5 rings (SSSR count). The molecule has 2 aromatic rings. The monoisotopic (exact) mass is 552 g/mol. The standard InChI is InChI=1S/C26H30B2F4N8/c29-27(30)39-15-3-7-23(39)25(21-5-1-9-35-21)37-17-11-33-13-19-38(20-14-34-12-18-37)26(22-6-2-10-36-22)24-8-4-16-40(24)28(31)32/h1-10,15-16,33-34H,11-14,17-20H2/b25-21+,26-22+. The Balaban J connectivity index is 1.35. The van der Waals surface area contributed by atoms with Gasteiger partial charge in [0.1, 0.15) is 0 Å². The van der Waals surface area contributed by atoms with Gasteiger partial charge in [0.15, 0.2) is 0 Å². The van der Waals surface area contributed by atoms with E-state index < -0.39 is 14.8 Å². The number of aromatic nitrogens is 2. The van der Waals surface area contributed by atoms with Crippen molar-refractivity contribution in [1.29, 1.82) is 0 Å². The Morgan fingerprint density at radius 1 is 0.650 bits per heavy atom. The highest BCUT2D eigenvalue weighted by molar-refractivity contribution is 6.41. The van der Waals surface area contributed by atoms with Gasteiger partial charge in [0.05, 0.1) is 34.2 Å². The van der Waals surface area contributed by atoms with E-state index >= 15 is 0 Å². The van der Waals surface area contributed by atoms with Crippen molar-refractivity contribution >= 4 is 38.6 Å². The summed E-state index contributed by atoms with van der Waals surface area (Å²) < 4.78 is 57.1. The van der Waals surface area contributed by atoms with Gasteiger partial charge < -0.3 is 29.4 Å². The van der Waals surface area contributed by atoms with E-state index in [9.17, 15) is 17.3 Å². The number of aliphatic imine (C=N–C) groups is 2. The van der Waals surface area contributed by atoms with Crippen molar-refractivity contribution in [3.8, 4) is 0 Å². The SMILES string of the molecule is FB(F)n1cccc1/C(=C1/C=CC=N1)N1CCNCCN(/C(=C2\C=CC=N2)c2cccn2B(F)F)CCNCC1. The number of nitrogens with zero attached hydrogens (tertiary/aromatic N) is 6. The third-order valence-corrected chi connectivity index (χ3v) is 6.92. The first-order valence-electron chi connectivity index (χ1n) is 13.3. The van der Waals surface area contributed by atoms with E-state index in [0.717, 1.165) is 8.96 Å². The zero-order chi connectivity index (χ0) is 27.9. The van der Waals surface area contributed by atoms with Gasteiger partial charge in [-0.05, 0) is 61.0 Å². The van der Waals surface area contributed by atoms with Gasteiger partial charge in [-0.1, -0.05) is 0 Å². The van der Waals surface area contributed by atoms with Crippen molar-refractivity contribution in [2.45, 2.75) is 0 Å². The van der Waals surface area contributed by atoms with Crippen molar-refractivity contribution in [3.05, 3.63) is 83.7 Å². The topological polar surface area (TPSA) is 65.1 Å². The summed E-state index contributed by atoms with van der Waals surface area (Å²) in [5.74, 6) is 0. The molecule has 0 bridgehead atoms. The molecule has 0 spiro atoms. The molecule has 14 heteroatoms. The van der Waals surface area contributed by atoms with Crippen molar-refractivity contribution in [3.63, 3.8) is 0 Å². The lowest BCUT2D eigenvalue weighted by atomic mass is 10.1. The molecule has 0 radical (unpaired) electrons. The molecule has 0 unspecified atom stereocenters. The third-order valence-electron chi connectivity index (χ3n) is 6.92. The Labute approximate surface area is 231 Å². The number of hydrogen-bond donors (Lipinski definition) is 2. The predicted molar refractivity (Wildman–Crippen MR) is 154 cm³/mol. The minimum Gasteiger partial charge on any atom is -0.366 e. The first kappa shape index (κ1) is 27.8.